The Morgan fingerprint density at radius 2 is 0.676 bits per heavy atom. The molecule has 0 bridgehead atoms. The summed E-state index contributed by atoms with van der Waals surface area (Å²) in [4.78, 5) is 91.7. The summed E-state index contributed by atoms with van der Waals surface area (Å²) in [5.74, 6) is -0.833. The summed E-state index contributed by atoms with van der Waals surface area (Å²) in [7, 11) is 0. The van der Waals surface area contributed by atoms with E-state index in [2.05, 4.69) is 38.8 Å². The second-order valence-corrected chi connectivity index (χ2v) is 18.0. The first-order valence-electron chi connectivity index (χ1n) is 23.3. The third-order valence-electron chi connectivity index (χ3n) is 8.60. The van der Waals surface area contributed by atoms with Crippen molar-refractivity contribution in [3.05, 3.63) is 106 Å². The van der Waals surface area contributed by atoms with Crippen LogP contribution in [0.25, 0.3) is 0 Å². The molecule has 0 atom stereocenters. The van der Waals surface area contributed by atoms with Gasteiger partial charge in [0.25, 0.3) is 34.1 Å². The molecule has 21 heteroatoms. The van der Waals surface area contributed by atoms with Gasteiger partial charge >= 0.3 is 12.2 Å². The Morgan fingerprint density at radius 1 is 0.423 bits per heavy atom. The van der Waals surface area contributed by atoms with E-state index in [1.54, 1.807) is 75.4 Å². The molecule has 3 aromatic carbocycles. The molecule has 0 unspecified atom stereocenters. The molecule has 0 aliphatic carbocycles. The average molecular weight is 1030 g/mol. The van der Waals surface area contributed by atoms with E-state index in [-0.39, 0.29) is 40.8 Å². The van der Waals surface area contributed by atoms with Gasteiger partial charge in [0.2, 0.25) is 0 Å². The van der Waals surface area contributed by atoms with Gasteiger partial charge in [0, 0.05) is 72.6 Å². The molecular weight excluding hydrogens is 958 g/mol. The van der Waals surface area contributed by atoms with Gasteiger partial charge in [0.15, 0.2) is 0 Å². The Kier molecular flexibility index (Phi) is 33.6. The predicted molar refractivity (Wildman–Crippen MR) is 278 cm³/mol. The zero-order valence-electron chi connectivity index (χ0n) is 42.1. The summed E-state index contributed by atoms with van der Waals surface area (Å²) >= 11 is 10.4. The zero-order valence-corrected chi connectivity index (χ0v) is 43.6. The first-order valence-corrected chi connectivity index (χ1v) is 24.1. The Bertz CT molecular complexity index is 2060. The lowest BCUT2D eigenvalue weighted by molar-refractivity contribution is 0.0516. The standard InChI is InChI=1S/C20H31N3O4.C14H22N4O2.C8H4Cl2O2.C8H18N2O2/c1-5-6-11-21-17(24)15-9-7-10-16(14-15)18(25)22-12-8-13-23-19(26)27-20(2,3)4;15-6-2-8-17-13(19)11-4-1-5-12(10-11)14(20)18-9-3-7-16;9-7(11)5-2-1-3-6(4-5)8(10)12;1-8(2,3)12-7(11)10-6-4-5-9/h7,9-10,14H,5-6,8,11-13H2,1-4H3,(H,21,24)(H,22,25)(H,23,26);1,4-5,10H,2-3,6-9,15-16H2,(H,17,19)(H,18,20);1-4H;4-6,9H2,1-3H3,(H,10,11). The van der Waals surface area contributed by atoms with Gasteiger partial charge in [0.05, 0.1) is 0 Å². The van der Waals surface area contributed by atoms with Gasteiger partial charge in [-0.05, 0) is 159 Å². The van der Waals surface area contributed by atoms with E-state index >= 15 is 0 Å². The van der Waals surface area contributed by atoms with Gasteiger partial charge in [-0.2, -0.15) is 0 Å². The summed E-state index contributed by atoms with van der Waals surface area (Å²) in [5.41, 5.74) is 17.4. The number of unbranched alkanes of at least 4 members (excludes halogenated alkanes) is 1. The van der Waals surface area contributed by atoms with Crippen LogP contribution in [-0.2, 0) is 9.47 Å². The number of alkyl carbamates (subject to hydrolysis) is 2. The number of amides is 6. The van der Waals surface area contributed by atoms with Crippen molar-refractivity contribution < 1.29 is 47.8 Å². The maximum atomic E-state index is 12.2. The number of carbonyl (C=O) groups is 8. The molecule has 19 nitrogen and oxygen atoms in total. The Balaban J connectivity index is 0.000000977. The van der Waals surface area contributed by atoms with Crippen molar-refractivity contribution in [3.63, 3.8) is 0 Å². The molecule has 0 saturated carbocycles. The second kappa shape index (κ2) is 36.8. The lowest BCUT2D eigenvalue weighted by Crippen LogP contribution is -2.34. The van der Waals surface area contributed by atoms with Crippen molar-refractivity contribution in [3.8, 4) is 0 Å². The topological polar surface area (TPSA) is 305 Å². The molecule has 0 aliphatic heterocycles. The van der Waals surface area contributed by atoms with Crippen LogP contribution >= 0.6 is 23.2 Å². The second-order valence-electron chi connectivity index (χ2n) is 17.3. The molecule has 0 heterocycles. The first-order chi connectivity index (χ1) is 33.5. The first kappa shape index (κ1) is 64.9. The number of hydrogen-bond acceptors (Lipinski definition) is 13. The molecule has 0 aliphatic rings. The molecule has 12 N–H and O–H groups in total. The third kappa shape index (κ3) is 33.2. The van der Waals surface area contributed by atoms with Gasteiger partial charge in [0.1, 0.15) is 11.2 Å². The van der Waals surface area contributed by atoms with Crippen molar-refractivity contribution in [2.45, 2.75) is 98.2 Å². The van der Waals surface area contributed by atoms with Crippen LogP contribution in [0, 0.1) is 0 Å². The van der Waals surface area contributed by atoms with Gasteiger partial charge in [-0.3, -0.25) is 28.8 Å². The smallest absolute Gasteiger partial charge is 0.407 e. The normalized spacial score (nSPS) is 10.4. The molecule has 0 spiro atoms. The van der Waals surface area contributed by atoms with Crippen LogP contribution in [0.3, 0.4) is 0 Å². The lowest BCUT2D eigenvalue weighted by atomic mass is 10.1. The van der Waals surface area contributed by atoms with Crippen LogP contribution in [-0.4, -0.2) is 116 Å². The lowest BCUT2D eigenvalue weighted by Gasteiger charge is -2.19. The van der Waals surface area contributed by atoms with Crippen molar-refractivity contribution >= 4 is 69.5 Å². The molecule has 3 rings (SSSR count). The van der Waals surface area contributed by atoms with E-state index in [0.29, 0.717) is 87.6 Å². The highest BCUT2D eigenvalue weighted by molar-refractivity contribution is 6.69. The van der Waals surface area contributed by atoms with Crippen molar-refractivity contribution in [2.75, 3.05) is 58.9 Å². The maximum absolute atomic E-state index is 12.2. The summed E-state index contributed by atoms with van der Waals surface area (Å²) in [6.07, 6.45) is 3.87. The molecular formula is C50H75Cl2N9O10. The van der Waals surface area contributed by atoms with E-state index < -0.39 is 27.8 Å². The monoisotopic (exact) mass is 1030 g/mol. The van der Waals surface area contributed by atoms with Crippen LogP contribution in [0.15, 0.2) is 72.8 Å². The fourth-order valence-electron chi connectivity index (χ4n) is 5.16. The Labute approximate surface area is 428 Å². The van der Waals surface area contributed by atoms with E-state index in [1.165, 1.54) is 18.2 Å². The minimum Gasteiger partial charge on any atom is -0.444 e. The molecule has 394 valence electrons. The molecule has 3 aromatic rings. The van der Waals surface area contributed by atoms with Crippen LogP contribution in [0.2, 0.25) is 0 Å². The summed E-state index contributed by atoms with van der Waals surface area (Å²) in [6.45, 7) is 17.6. The minimum atomic E-state index is -0.602. The summed E-state index contributed by atoms with van der Waals surface area (Å²) < 4.78 is 10.1. The number of ether oxygens (including phenoxy) is 2. The SMILES string of the molecule is CC(C)(C)OC(=O)NCCCN.CCCCNC(=O)c1cccc(C(=O)NCCCNC(=O)OC(C)(C)C)c1.NCCCNC(=O)c1cccc(C(=O)NCCCN)c1.O=C(Cl)c1cccc(C(=O)Cl)c1. The average Bonchev–Trinajstić information content (AvgIpc) is 3.31. The number of benzene rings is 3. The van der Waals surface area contributed by atoms with E-state index in [9.17, 15) is 38.4 Å². The number of hydrogen-bond donors (Lipinski definition) is 9. The van der Waals surface area contributed by atoms with Crippen molar-refractivity contribution in [1.82, 2.24) is 31.9 Å². The van der Waals surface area contributed by atoms with E-state index in [4.69, 9.17) is 49.9 Å². The van der Waals surface area contributed by atoms with E-state index in [1.807, 2.05) is 20.8 Å². The highest BCUT2D eigenvalue weighted by atomic mass is 35.5. The summed E-state index contributed by atoms with van der Waals surface area (Å²) in [5, 5.41) is 15.1. The van der Waals surface area contributed by atoms with Crippen LogP contribution < -0.4 is 49.1 Å². The fraction of sp³-hybridized carbons (Fsp3) is 0.480. The quantitative estimate of drug-likeness (QED) is 0.0412. The molecule has 71 heavy (non-hydrogen) atoms. The number of nitrogens with two attached hydrogens (primary N) is 3. The molecule has 0 fully saturated rings. The Hall–Kier alpha value is -6.12. The number of nitrogens with one attached hydrogen (secondary N) is 6. The number of carbonyl (C=O) groups excluding carboxylic acids is 8. The predicted octanol–water partition coefficient (Wildman–Crippen LogP) is 6.01. The molecule has 6 amide bonds. The summed E-state index contributed by atoms with van der Waals surface area (Å²) in [6, 6.07) is 19.2. The van der Waals surface area contributed by atoms with Crippen molar-refractivity contribution in [1.29, 1.82) is 0 Å². The Morgan fingerprint density at radius 3 is 0.958 bits per heavy atom. The maximum Gasteiger partial charge on any atom is 0.407 e. The van der Waals surface area contributed by atoms with Gasteiger partial charge in [-0.25, -0.2) is 9.59 Å². The van der Waals surface area contributed by atoms with Crippen molar-refractivity contribution in [2.24, 2.45) is 17.2 Å². The minimum absolute atomic E-state index is 0.181. The van der Waals surface area contributed by atoms with Gasteiger partial charge in [-0.1, -0.05) is 43.7 Å². The number of halogens is 2. The third-order valence-corrected chi connectivity index (χ3v) is 9.03. The van der Waals surface area contributed by atoms with Gasteiger partial charge < -0.3 is 58.6 Å². The van der Waals surface area contributed by atoms with Gasteiger partial charge in [-0.15, -0.1) is 0 Å². The largest absolute Gasteiger partial charge is 0.444 e. The fourth-order valence-corrected chi connectivity index (χ4v) is 5.40. The van der Waals surface area contributed by atoms with Crippen LogP contribution in [0.5, 0.6) is 0 Å². The highest BCUT2D eigenvalue weighted by Gasteiger charge is 2.17. The van der Waals surface area contributed by atoms with E-state index in [0.717, 1.165) is 32.1 Å². The van der Waals surface area contributed by atoms with Crippen LogP contribution in [0.1, 0.15) is 149 Å². The zero-order chi connectivity index (χ0) is 53.8. The highest BCUT2D eigenvalue weighted by Crippen LogP contribution is 2.11. The number of rotatable bonds is 22. The molecule has 0 radical (unpaired) electrons. The van der Waals surface area contributed by atoms with Crippen LogP contribution in [0.4, 0.5) is 9.59 Å². The molecule has 0 saturated heterocycles. The molecule has 0 aromatic heterocycles.